The number of imidazole rings is 1. The lowest BCUT2D eigenvalue weighted by atomic mass is 10.2. The SMILES string of the molecule is Oc1ccc(N2CCN(c3nc(-n4ncc5ccccc54)c4ncn(CCc5nnn[nH]5)c4n3)CC2)cc1. The Morgan fingerprint density at radius 1 is 0.921 bits per heavy atom. The van der Waals surface area contributed by atoms with E-state index in [-0.39, 0.29) is 5.75 Å². The first kappa shape index (κ1) is 22.2. The summed E-state index contributed by atoms with van der Waals surface area (Å²) >= 11 is 0. The fraction of sp³-hybridized carbons (Fsp3) is 0.240. The van der Waals surface area contributed by atoms with Gasteiger partial charge in [-0.3, -0.25) is 0 Å². The molecule has 1 fully saturated rings. The van der Waals surface area contributed by atoms with E-state index in [0.29, 0.717) is 36.1 Å². The van der Waals surface area contributed by atoms with Crippen LogP contribution in [0.3, 0.4) is 0 Å². The van der Waals surface area contributed by atoms with Gasteiger partial charge < -0.3 is 19.5 Å². The second kappa shape index (κ2) is 9.10. The number of aromatic nitrogens is 10. The number of aromatic amines is 1. The lowest BCUT2D eigenvalue weighted by Crippen LogP contribution is -2.47. The van der Waals surface area contributed by atoms with E-state index in [1.54, 1.807) is 18.5 Å². The maximum Gasteiger partial charge on any atom is 0.229 e. The summed E-state index contributed by atoms with van der Waals surface area (Å²) in [4.78, 5) is 19.2. The molecule has 0 saturated carbocycles. The van der Waals surface area contributed by atoms with Crippen molar-refractivity contribution < 1.29 is 5.11 Å². The zero-order chi connectivity index (χ0) is 25.5. The molecule has 7 rings (SSSR count). The molecule has 4 aromatic heterocycles. The van der Waals surface area contributed by atoms with Crippen LogP contribution in [0.25, 0.3) is 27.9 Å². The minimum atomic E-state index is 0.268. The summed E-state index contributed by atoms with van der Waals surface area (Å²) < 4.78 is 3.85. The third-order valence-corrected chi connectivity index (χ3v) is 6.87. The fourth-order valence-corrected chi connectivity index (χ4v) is 4.85. The number of piperazine rings is 1. The molecule has 6 aromatic rings. The first-order chi connectivity index (χ1) is 18.7. The highest BCUT2D eigenvalue weighted by atomic mass is 16.3. The number of hydrogen-bond acceptors (Lipinski definition) is 10. The summed E-state index contributed by atoms with van der Waals surface area (Å²) in [6.07, 6.45) is 4.24. The number of H-pyrrole nitrogens is 1. The molecule has 0 bridgehead atoms. The van der Waals surface area contributed by atoms with E-state index in [4.69, 9.17) is 15.0 Å². The Bertz CT molecular complexity index is 1700. The number of fused-ring (bicyclic) bond motifs is 2. The molecular weight excluding hydrogens is 484 g/mol. The van der Waals surface area contributed by atoms with Crippen molar-refractivity contribution in [3.8, 4) is 11.6 Å². The minimum Gasteiger partial charge on any atom is -0.508 e. The maximum atomic E-state index is 9.63. The lowest BCUT2D eigenvalue weighted by molar-refractivity contribution is 0.475. The zero-order valence-corrected chi connectivity index (χ0v) is 20.4. The van der Waals surface area contributed by atoms with Crippen molar-refractivity contribution in [2.75, 3.05) is 36.0 Å². The Morgan fingerprint density at radius 2 is 1.74 bits per heavy atom. The molecule has 1 aliphatic rings. The molecule has 13 nitrogen and oxygen atoms in total. The first-order valence-electron chi connectivity index (χ1n) is 12.4. The van der Waals surface area contributed by atoms with E-state index in [1.165, 1.54) is 0 Å². The van der Waals surface area contributed by atoms with Gasteiger partial charge in [0, 0.05) is 50.2 Å². The van der Waals surface area contributed by atoms with Gasteiger partial charge in [0.15, 0.2) is 17.0 Å². The fourth-order valence-electron chi connectivity index (χ4n) is 4.85. The Balaban J connectivity index is 1.25. The first-order valence-corrected chi connectivity index (χ1v) is 12.4. The van der Waals surface area contributed by atoms with Gasteiger partial charge in [-0.05, 0) is 40.8 Å². The standard InChI is InChI=1S/C25H24N12O/c38-19-7-5-18(6-8-19)34-11-13-35(14-12-34)25-28-23-22(26-16-36(23)10-9-21-30-32-33-31-21)24(29-25)37-20-4-2-1-3-17(20)15-27-37/h1-8,15-16,38H,9-14H2,(H,30,31,32,33). The molecule has 1 saturated heterocycles. The summed E-state index contributed by atoms with van der Waals surface area (Å²) in [5, 5.41) is 29.4. The smallest absolute Gasteiger partial charge is 0.229 e. The number of phenols is 1. The molecule has 0 aliphatic carbocycles. The van der Waals surface area contributed by atoms with Crippen molar-refractivity contribution in [2.24, 2.45) is 0 Å². The predicted octanol–water partition coefficient (Wildman–Crippen LogP) is 1.95. The molecule has 1 aliphatic heterocycles. The third-order valence-electron chi connectivity index (χ3n) is 6.87. The zero-order valence-electron chi connectivity index (χ0n) is 20.4. The lowest BCUT2D eigenvalue weighted by Gasteiger charge is -2.36. The molecule has 190 valence electrons. The number of rotatable bonds is 6. The van der Waals surface area contributed by atoms with Gasteiger partial charge in [0.1, 0.15) is 11.6 Å². The van der Waals surface area contributed by atoms with Crippen molar-refractivity contribution >= 4 is 33.7 Å². The monoisotopic (exact) mass is 508 g/mol. The molecule has 13 heteroatoms. The molecule has 38 heavy (non-hydrogen) atoms. The van der Waals surface area contributed by atoms with Gasteiger partial charge in [-0.15, -0.1) is 5.10 Å². The van der Waals surface area contributed by atoms with Gasteiger partial charge in [0.2, 0.25) is 5.95 Å². The van der Waals surface area contributed by atoms with Crippen molar-refractivity contribution in [3.05, 3.63) is 66.9 Å². The maximum absolute atomic E-state index is 9.63. The summed E-state index contributed by atoms with van der Waals surface area (Å²) in [5.74, 6) is 2.25. The summed E-state index contributed by atoms with van der Waals surface area (Å²) in [7, 11) is 0. The topological polar surface area (TPSA) is 143 Å². The van der Waals surface area contributed by atoms with Crippen molar-refractivity contribution in [3.63, 3.8) is 0 Å². The third kappa shape index (κ3) is 3.93. The molecule has 5 heterocycles. The van der Waals surface area contributed by atoms with Crippen LogP contribution >= 0.6 is 0 Å². The molecule has 0 unspecified atom stereocenters. The van der Waals surface area contributed by atoms with Gasteiger partial charge in [0.05, 0.1) is 18.0 Å². The number of benzene rings is 2. The highest BCUT2D eigenvalue weighted by molar-refractivity contribution is 5.85. The van der Waals surface area contributed by atoms with Gasteiger partial charge in [0.25, 0.3) is 0 Å². The highest BCUT2D eigenvalue weighted by Crippen LogP contribution is 2.27. The number of tetrazole rings is 1. The number of aryl methyl sites for hydroxylation is 2. The number of nitrogens with zero attached hydrogens (tertiary/aromatic N) is 11. The molecular formula is C25H24N12O. The molecule has 0 amide bonds. The Morgan fingerprint density at radius 3 is 2.55 bits per heavy atom. The van der Waals surface area contributed by atoms with E-state index in [1.807, 2.05) is 51.8 Å². The van der Waals surface area contributed by atoms with Crippen molar-refractivity contribution in [1.82, 2.24) is 49.9 Å². The van der Waals surface area contributed by atoms with Crippen LogP contribution in [0.5, 0.6) is 5.75 Å². The quantitative estimate of drug-likeness (QED) is 0.343. The largest absolute Gasteiger partial charge is 0.508 e. The number of hydrogen-bond donors (Lipinski definition) is 2. The van der Waals surface area contributed by atoms with E-state index in [2.05, 4.69) is 35.5 Å². The summed E-state index contributed by atoms with van der Waals surface area (Å²) in [6.45, 7) is 3.73. The number of para-hydroxylation sites is 1. The van der Waals surface area contributed by atoms with Crippen LogP contribution in [0.2, 0.25) is 0 Å². The Hall–Kier alpha value is -5.07. The number of phenolic OH excluding ortho intramolecular Hbond substituents is 1. The molecule has 2 aromatic carbocycles. The van der Waals surface area contributed by atoms with Crippen LogP contribution in [0.15, 0.2) is 61.1 Å². The summed E-state index contributed by atoms with van der Waals surface area (Å²) in [6, 6.07) is 15.4. The second-order valence-electron chi connectivity index (χ2n) is 9.16. The van der Waals surface area contributed by atoms with Gasteiger partial charge in [-0.1, -0.05) is 18.2 Å². The van der Waals surface area contributed by atoms with E-state index >= 15 is 0 Å². The molecule has 0 radical (unpaired) electrons. The number of nitrogens with one attached hydrogen (secondary N) is 1. The minimum absolute atomic E-state index is 0.268. The van der Waals surface area contributed by atoms with E-state index in [9.17, 15) is 5.11 Å². The van der Waals surface area contributed by atoms with E-state index in [0.717, 1.165) is 48.4 Å². The number of anilines is 2. The molecule has 0 spiro atoms. The van der Waals surface area contributed by atoms with Crippen LogP contribution in [0.1, 0.15) is 5.82 Å². The van der Waals surface area contributed by atoms with Crippen molar-refractivity contribution in [1.29, 1.82) is 0 Å². The Labute approximate surface area is 216 Å². The van der Waals surface area contributed by atoms with Crippen LogP contribution in [0, 0.1) is 0 Å². The van der Waals surface area contributed by atoms with Crippen LogP contribution in [-0.4, -0.2) is 81.2 Å². The highest BCUT2D eigenvalue weighted by Gasteiger charge is 2.24. The second-order valence-corrected chi connectivity index (χ2v) is 9.16. The van der Waals surface area contributed by atoms with Crippen molar-refractivity contribution in [2.45, 2.75) is 13.0 Å². The van der Waals surface area contributed by atoms with Crippen LogP contribution in [-0.2, 0) is 13.0 Å². The molecule has 2 N–H and O–H groups in total. The average Bonchev–Trinajstić information content (AvgIpc) is 3.72. The summed E-state index contributed by atoms with van der Waals surface area (Å²) in [5.41, 5.74) is 3.46. The number of aromatic hydroxyl groups is 1. The van der Waals surface area contributed by atoms with Gasteiger partial charge in [-0.2, -0.15) is 15.1 Å². The van der Waals surface area contributed by atoms with Gasteiger partial charge in [-0.25, -0.2) is 14.8 Å². The average molecular weight is 509 g/mol. The molecule has 0 atom stereocenters. The normalized spacial score (nSPS) is 14.1. The Kier molecular flexibility index (Phi) is 5.31. The van der Waals surface area contributed by atoms with E-state index < -0.39 is 0 Å². The predicted molar refractivity (Wildman–Crippen MR) is 140 cm³/mol. The van der Waals surface area contributed by atoms with Crippen LogP contribution in [0.4, 0.5) is 11.6 Å². The van der Waals surface area contributed by atoms with Crippen LogP contribution < -0.4 is 9.80 Å². The van der Waals surface area contributed by atoms with Gasteiger partial charge >= 0.3 is 0 Å².